The van der Waals surface area contributed by atoms with Gasteiger partial charge in [-0.05, 0) is 68.6 Å². The van der Waals surface area contributed by atoms with E-state index >= 15 is 0 Å². The third-order valence-corrected chi connectivity index (χ3v) is 8.72. The van der Waals surface area contributed by atoms with E-state index in [1.165, 1.54) is 32.1 Å². The van der Waals surface area contributed by atoms with Crippen LogP contribution in [0.25, 0.3) is 0 Å². The molecule has 0 atom stereocenters. The molecule has 4 aliphatic carbocycles. The highest BCUT2D eigenvalue weighted by Crippen LogP contribution is 2.55. The summed E-state index contributed by atoms with van der Waals surface area (Å²) >= 11 is 0. The molecule has 0 N–H and O–H groups in total. The fourth-order valence-corrected chi connectivity index (χ4v) is 7.59. The highest BCUT2D eigenvalue weighted by molar-refractivity contribution is 5.80. The maximum Gasteiger partial charge on any atom is 0.225 e. The lowest BCUT2D eigenvalue weighted by Crippen LogP contribution is -2.61. The Hall–Kier alpha value is -1.10. The van der Waals surface area contributed by atoms with Gasteiger partial charge in [-0.25, -0.2) is 0 Å². The predicted molar refractivity (Wildman–Crippen MR) is 109 cm³/mol. The van der Waals surface area contributed by atoms with Gasteiger partial charge in [0.05, 0.1) is 0 Å². The molecule has 5 nitrogen and oxygen atoms in total. The molecule has 4 bridgehead atoms. The summed E-state index contributed by atoms with van der Waals surface area (Å²) < 4.78 is 0. The van der Waals surface area contributed by atoms with Crippen LogP contribution in [0.4, 0.5) is 0 Å². The van der Waals surface area contributed by atoms with E-state index in [0.29, 0.717) is 12.3 Å². The summed E-state index contributed by atoms with van der Waals surface area (Å²) in [7, 11) is 0. The van der Waals surface area contributed by atoms with Crippen molar-refractivity contribution in [2.75, 3.05) is 39.3 Å². The lowest BCUT2D eigenvalue weighted by molar-refractivity contribution is -0.143. The van der Waals surface area contributed by atoms with Gasteiger partial charge in [-0.3, -0.25) is 14.5 Å². The highest BCUT2D eigenvalue weighted by atomic mass is 16.2. The van der Waals surface area contributed by atoms with Crippen molar-refractivity contribution < 1.29 is 9.59 Å². The number of carbonyl (C=O) groups is 2. The van der Waals surface area contributed by atoms with Gasteiger partial charge < -0.3 is 9.80 Å². The zero-order valence-corrected chi connectivity index (χ0v) is 17.5. The Balaban J connectivity index is 1.13. The van der Waals surface area contributed by atoms with E-state index in [2.05, 4.69) is 9.80 Å². The lowest BCUT2D eigenvalue weighted by atomic mass is 9.54. The number of hydrogen-bond donors (Lipinski definition) is 0. The molecule has 0 radical (unpaired) electrons. The minimum absolute atomic E-state index is 0.133. The second-order valence-corrected chi connectivity index (χ2v) is 10.3. The average molecular weight is 388 g/mol. The van der Waals surface area contributed by atoms with Crippen molar-refractivity contribution in [3.05, 3.63) is 0 Å². The molecule has 2 saturated heterocycles. The molecule has 2 aliphatic heterocycles. The second kappa shape index (κ2) is 7.62. The quantitative estimate of drug-likeness (QED) is 0.748. The molecular weight excluding hydrogens is 350 g/mol. The number of carbonyl (C=O) groups excluding carboxylic acids is 2. The van der Waals surface area contributed by atoms with Crippen LogP contribution in [0.15, 0.2) is 0 Å². The van der Waals surface area contributed by atoms with Crippen LogP contribution >= 0.6 is 0 Å². The van der Waals surface area contributed by atoms with Crippen LogP contribution in [0.3, 0.4) is 0 Å². The number of likely N-dealkylation sites (tertiary alicyclic amines) is 1. The summed E-state index contributed by atoms with van der Waals surface area (Å²) in [5.41, 5.74) is 0. The SMILES string of the molecule is CCC(=O)N1CCC(C(=O)N2CCN(C3C4CC5CC(C4)CC3C5)CC2)CC1. The van der Waals surface area contributed by atoms with Gasteiger partial charge in [-0.15, -0.1) is 0 Å². The second-order valence-electron chi connectivity index (χ2n) is 10.3. The van der Waals surface area contributed by atoms with Crippen molar-refractivity contribution >= 4 is 11.8 Å². The van der Waals surface area contributed by atoms with Gasteiger partial charge in [0.15, 0.2) is 0 Å². The Kier molecular flexibility index (Phi) is 5.14. The number of amides is 2. The van der Waals surface area contributed by atoms with Gasteiger partial charge in [0.25, 0.3) is 0 Å². The summed E-state index contributed by atoms with van der Waals surface area (Å²) in [6, 6.07) is 0.813. The topological polar surface area (TPSA) is 43.9 Å². The summed E-state index contributed by atoms with van der Waals surface area (Å²) in [6.45, 7) is 7.42. The minimum atomic E-state index is 0.133. The van der Waals surface area contributed by atoms with E-state index in [4.69, 9.17) is 0 Å². The van der Waals surface area contributed by atoms with Crippen LogP contribution in [-0.4, -0.2) is 71.8 Å². The minimum Gasteiger partial charge on any atom is -0.343 e. The first-order valence-electron chi connectivity index (χ1n) is 11.9. The van der Waals surface area contributed by atoms with E-state index in [1.807, 2.05) is 11.8 Å². The first-order valence-corrected chi connectivity index (χ1v) is 11.9. The van der Waals surface area contributed by atoms with Crippen LogP contribution in [0.1, 0.15) is 58.3 Å². The van der Waals surface area contributed by atoms with Crippen LogP contribution in [0, 0.1) is 29.6 Å². The van der Waals surface area contributed by atoms with Crippen LogP contribution in [0.5, 0.6) is 0 Å². The van der Waals surface area contributed by atoms with E-state index in [0.717, 1.165) is 81.8 Å². The molecule has 28 heavy (non-hydrogen) atoms. The summed E-state index contributed by atoms with van der Waals surface area (Å²) in [5, 5.41) is 0. The van der Waals surface area contributed by atoms with Gasteiger partial charge in [0.2, 0.25) is 11.8 Å². The van der Waals surface area contributed by atoms with Crippen molar-refractivity contribution in [3.8, 4) is 0 Å². The molecule has 6 fully saturated rings. The van der Waals surface area contributed by atoms with Gasteiger partial charge in [0.1, 0.15) is 0 Å². The molecule has 6 aliphatic rings. The van der Waals surface area contributed by atoms with Crippen molar-refractivity contribution in [1.82, 2.24) is 14.7 Å². The monoisotopic (exact) mass is 387 g/mol. The number of nitrogens with zero attached hydrogens (tertiary/aromatic N) is 3. The van der Waals surface area contributed by atoms with E-state index in [9.17, 15) is 9.59 Å². The Bertz CT molecular complexity index is 577. The molecule has 4 saturated carbocycles. The van der Waals surface area contributed by atoms with E-state index in [1.54, 1.807) is 0 Å². The number of piperidine rings is 1. The first kappa shape index (κ1) is 18.9. The van der Waals surface area contributed by atoms with E-state index in [-0.39, 0.29) is 11.8 Å². The maximum atomic E-state index is 13.0. The zero-order chi connectivity index (χ0) is 19.3. The fourth-order valence-electron chi connectivity index (χ4n) is 7.59. The Labute approximate surface area is 169 Å². The summed E-state index contributed by atoms with van der Waals surface area (Å²) in [6.07, 6.45) is 9.70. The zero-order valence-electron chi connectivity index (χ0n) is 17.5. The van der Waals surface area contributed by atoms with Crippen LogP contribution in [0.2, 0.25) is 0 Å². The van der Waals surface area contributed by atoms with E-state index < -0.39 is 0 Å². The third-order valence-electron chi connectivity index (χ3n) is 8.72. The molecule has 156 valence electrons. The largest absolute Gasteiger partial charge is 0.343 e. The molecule has 0 unspecified atom stereocenters. The molecule has 2 amide bonds. The van der Waals surface area contributed by atoms with Gasteiger partial charge in [-0.2, -0.15) is 0 Å². The van der Waals surface area contributed by atoms with Crippen molar-refractivity contribution in [2.24, 2.45) is 29.6 Å². The standard InChI is InChI=1S/C23H37N3O2/c1-2-21(27)24-5-3-18(4-6-24)23(28)26-9-7-25(8-10-26)22-19-12-16-11-17(14-19)15-20(22)13-16/h16-20,22H,2-15H2,1H3. The predicted octanol–water partition coefficient (Wildman–Crippen LogP) is 2.60. The smallest absolute Gasteiger partial charge is 0.225 e. The van der Waals surface area contributed by atoms with Crippen molar-refractivity contribution in [1.29, 1.82) is 0 Å². The molecule has 0 spiro atoms. The molecule has 0 aromatic carbocycles. The number of rotatable bonds is 3. The molecule has 6 rings (SSSR count). The number of piperazine rings is 1. The Morgan fingerprint density at radius 2 is 1.32 bits per heavy atom. The third kappa shape index (κ3) is 3.38. The molecule has 5 heteroatoms. The fraction of sp³-hybridized carbons (Fsp3) is 0.913. The molecule has 0 aromatic heterocycles. The van der Waals surface area contributed by atoms with Crippen molar-refractivity contribution in [3.63, 3.8) is 0 Å². The lowest BCUT2D eigenvalue weighted by Gasteiger charge is -2.58. The summed E-state index contributed by atoms with van der Waals surface area (Å²) in [5.74, 6) is 4.68. The van der Waals surface area contributed by atoms with Gasteiger partial charge in [-0.1, -0.05) is 6.92 Å². The highest BCUT2D eigenvalue weighted by Gasteiger charge is 2.50. The van der Waals surface area contributed by atoms with Gasteiger partial charge in [0, 0.05) is 57.6 Å². The molecular formula is C23H37N3O2. The molecule has 0 aromatic rings. The average Bonchev–Trinajstić information content (AvgIpc) is 2.72. The Morgan fingerprint density at radius 1 is 0.750 bits per heavy atom. The summed E-state index contributed by atoms with van der Waals surface area (Å²) in [4.78, 5) is 31.7. The molecule has 2 heterocycles. The maximum absolute atomic E-state index is 13.0. The number of hydrogen-bond acceptors (Lipinski definition) is 3. The Morgan fingerprint density at radius 3 is 1.86 bits per heavy atom. The van der Waals surface area contributed by atoms with Crippen molar-refractivity contribution in [2.45, 2.75) is 64.3 Å². The first-order chi connectivity index (χ1) is 13.6. The normalized spacial score (nSPS) is 38.8. The van der Waals surface area contributed by atoms with Crippen LogP contribution < -0.4 is 0 Å². The van der Waals surface area contributed by atoms with Crippen LogP contribution in [-0.2, 0) is 9.59 Å². The van der Waals surface area contributed by atoms with Gasteiger partial charge >= 0.3 is 0 Å².